The number of pyridine rings is 1. The van der Waals surface area contributed by atoms with E-state index < -0.39 is 11.8 Å². The summed E-state index contributed by atoms with van der Waals surface area (Å²) in [6, 6.07) is 3.53. The number of aromatic nitrogens is 1. The Bertz CT molecular complexity index is 806. The highest BCUT2D eigenvalue weighted by atomic mass is 32.2. The number of amides is 3. The van der Waals surface area contributed by atoms with E-state index in [2.05, 4.69) is 10.3 Å². The van der Waals surface area contributed by atoms with Crippen LogP contribution in [0.1, 0.15) is 37.7 Å². The molecule has 0 atom stereocenters. The van der Waals surface area contributed by atoms with Crippen LogP contribution in [-0.2, 0) is 19.1 Å². The molecule has 0 unspecified atom stereocenters. The van der Waals surface area contributed by atoms with Gasteiger partial charge in [0.05, 0.1) is 4.91 Å². The van der Waals surface area contributed by atoms with Crippen LogP contribution in [0.4, 0.5) is 4.79 Å². The highest BCUT2D eigenvalue weighted by Gasteiger charge is 2.34. The van der Waals surface area contributed by atoms with Gasteiger partial charge < -0.3 is 10.1 Å². The molecule has 154 valence electrons. The van der Waals surface area contributed by atoms with Crippen molar-refractivity contribution in [1.29, 1.82) is 0 Å². The van der Waals surface area contributed by atoms with Crippen LogP contribution in [0.25, 0.3) is 6.08 Å². The first-order chi connectivity index (χ1) is 14.0. The molecule has 9 heteroatoms. The number of hydrogen-bond acceptors (Lipinski definition) is 7. The second-order valence-corrected chi connectivity index (χ2v) is 7.98. The minimum atomic E-state index is -0.456. The maximum Gasteiger partial charge on any atom is 0.306 e. The molecule has 0 spiro atoms. The van der Waals surface area contributed by atoms with E-state index in [4.69, 9.17) is 4.74 Å². The lowest BCUT2D eigenvalue weighted by molar-refractivity contribution is -0.149. The molecule has 1 saturated carbocycles. The zero-order valence-electron chi connectivity index (χ0n) is 16.0. The Morgan fingerprint density at radius 2 is 2.10 bits per heavy atom. The number of rotatable bonds is 8. The number of carbonyl (C=O) groups is 4. The molecular weight excluding hydrogens is 394 g/mol. The van der Waals surface area contributed by atoms with Crippen molar-refractivity contribution in [2.24, 2.45) is 5.92 Å². The van der Waals surface area contributed by atoms with Crippen LogP contribution < -0.4 is 5.32 Å². The minimum absolute atomic E-state index is 0.0524. The number of thioether (sulfide) groups is 1. The normalized spacial score (nSPS) is 18.5. The maximum atomic E-state index is 12.4. The number of hydrogen-bond donors (Lipinski definition) is 1. The van der Waals surface area contributed by atoms with E-state index in [1.807, 2.05) is 0 Å². The van der Waals surface area contributed by atoms with Gasteiger partial charge in [0.25, 0.3) is 17.1 Å². The maximum absolute atomic E-state index is 12.4. The van der Waals surface area contributed by atoms with E-state index in [1.54, 1.807) is 30.6 Å². The molecule has 3 rings (SSSR count). The fourth-order valence-corrected chi connectivity index (χ4v) is 4.18. The quantitative estimate of drug-likeness (QED) is 0.511. The van der Waals surface area contributed by atoms with Gasteiger partial charge in [0.15, 0.2) is 6.61 Å². The van der Waals surface area contributed by atoms with Crippen LogP contribution in [0, 0.1) is 5.92 Å². The van der Waals surface area contributed by atoms with E-state index in [0.29, 0.717) is 17.2 Å². The van der Waals surface area contributed by atoms with Crippen molar-refractivity contribution in [2.45, 2.75) is 32.1 Å². The highest BCUT2D eigenvalue weighted by molar-refractivity contribution is 8.18. The number of carbonyl (C=O) groups excluding carboxylic acids is 4. The first kappa shape index (κ1) is 21.0. The van der Waals surface area contributed by atoms with Gasteiger partial charge in [0, 0.05) is 31.9 Å². The summed E-state index contributed by atoms with van der Waals surface area (Å²) in [6.45, 7) is -0.206. The number of imide groups is 1. The molecule has 2 aliphatic rings. The molecule has 29 heavy (non-hydrogen) atoms. The lowest BCUT2D eigenvalue weighted by atomic mass is 10.1. The SMILES string of the molecule is O=C(COC(=O)CC1CCCC1)NCCN1C(=O)S/C(=C\c2cccnc2)C1=O. The van der Waals surface area contributed by atoms with Gasteiger partial charge in [0.2, 0.25) is 0 Å². The predicted octanol–water partition coefficient (Wildman–Crippen LogP) is 2.36. The Morgan fingerprint density at radius 3 is 2.83 bits per heavy atom. The van der Waals surface area contributed by atoms with Gasteiger partial charge in [-0.1, -0.05) is 18.9 Å². The summed E-state index contributed by atoms with van der Waals surface area (Å²) in [5, 5.41) is 2.18. The number of nitrogens with zero attached hydrogens (tertiary/aromatic N) is 2. The lowest BCUT2D eigenvalue weighted by Crippen LogP contribution is -2.38. The molecule has 1 aromatic heterocycles. The van der Waals surface area contributed by atoms with Crippen LogP contribution in [-0.4, -0.2) is 52.6 Å². The summed E-state index contributed by atoms with van der Waals surface area (Å²) in [7, 11) is 0. The number of ether oxygens (including phenoxy) is 1. The molecule has 1 N–H and O–H groups in total. The second kappa shape index (κ2) is 10.2. The topological polar surface area (TPSA) is 106 Å². The Balaban J connectivity index is 1.38. The molecule has 3 amide bonds. The first-order valence-electron chi connectivity index (χ1n) is 9.60. The minimum Gasteiger partial charge on any atom is -0.456 e. The molecule has 0 aromatic carbocycles. The molecule has 1 aromatic rings. The summed E-state index contributed by atoms with van der Waals surface area (Å²) in [6.07, 6.45) is 9.55. The van der Waals surface area contributed by atoms with E-state index in [1.165, 1.54) is 0 Å². The van der Waals surface area contributed by atoms with Crippen molar-refractivity contribution in [2.75, 3.05) is 19.7 Å². The summed E-state index contributed by atoms with van der Waals surface area (Å²) < 4.78 is 5.00. The van der Waals surface area contributed by atoms with Crippen LogP contribution in [0.5, 0.6) is 0 Å². The summed E-state index contributed by atoms with van der Waals surface area (Å²) in [5.74, 6) is -0.855. The molecule has 0 bridgehead atoms. The van der Waals surface area contributed by atoms with E-state index in [9.17, 15) is 19.2 Å². The largest absolute Gasteiger partial charge is 0.456 e. The van der Waals surface area contributed by atoms with Gasteiger partial charge in [-0.3, -0.25) is 29.1 Å². The van der Waals surface area contributed by atoms with Crippen molar-refractivity contribution >= 4 is 40.9 Å². The van der Waals surface area contributed by atoms with E-state index in [0.717, 1.165) is 47.9 Å². The molecule has 2 fully saturated rings. The standard InChI is InChI=1S/C20H23N3O5S/c24-17(13-28-18(25)11-14-4-1-2-5-14)22-8-9-23-19(26)16(29-20(23)27)10-15-6-3-7-21-12-15/h3,6-7,10,12,14H,1-2,4-5,8-9,11,13H2,(H,22,24)/b16-10-. The van der Waals surface area contributed by atoms with Crippen LogP contribution in [0.2, 0.25) is 0 Å². The van der Waals surface area contributed by atoms with Crippen LogP contribution in [0.15, 0.2) is 29.4 Å². The Labute approximate surface area is 173 Å². The van der Waals surface area contributed by atoms with Crippen LogP contribution in [0.3, 0.4) is 0 Å². The molecule has 8 nitrogen and oxygen atoms in total. The Hall–Kier alpha value is -2.68. The van der Waals surface area contributed by atoms with Gasteiger partial charge in [-0.2, -0.15) is 0 Å². The zero-order valence-corrected chi connectivity index (χ0v) is 16.8. The number of nitrogens with one attached hydrogen (secondary N) is 1. The lowest BCUT2D eigenvalue weighted by Gasteiger charge is -2.13. The molecule has 2 heterocycles. The fourth-order valence-electron chi connectivity index (χ4n) is 3.32. The fraction of sp³-hybridized carbons (Fsp3) is 0.450. The zero-order chi connectivity index (χ0) is 20.6. The van der Waals surface area contributed by atoms with Crippen molar-refractivity contribution in [1.82, 2.24) is 15.2 Å². The molecular formula is C20H23N3O5S. The van der Waals surface area contributed by atoms with Crippen molar-refractivity contribution in [3.05, 3.63) is 35.0 Å². The third-order valence-corrected chi connectivity index (χ3v) is 5.72. The van der Waals surface area contributed by atoms with Gasteiger partial charge >= 0.3 is 5.97 Å². The summed E-state index contributed by atoms with van der Waals surface area (Å²) in [4.78, 5) is 53.4. The summed E-state index contributed by atoms with van der Waals surface area (Å²) >= 11 is 0.853. The molecule has 1 aliphatic heterocycles. The average Bonchev–Trinajstić information content (AvgIpc) is 3.30. The molecule has 0 radical (unpaired) electrons. The summed E-state index contributed by atoms with van der Waals surface area (Å²) in [5.41, 5.74) is 0.728. The average molecular weight is 417 g/mol. The van der Waals surface area contributed by atoms with E-state index in [-0.39, 0.29) is 30.9 Å². The van der Waals surface area contributed by atoms with Crippen molar-refractivity contribution in [3.63, 3.8) is 0 Å². The van der Waals surface area contributed by atoms with Gasteiger partial charge in [0.1, 0.15) is 0 Å². The molecule has 1 aliphatic carbocycles. The van der Waals surface area contributed by atoms with Gasteiger partial charge in [-0.15, -0.1) is 0 Å². The van der Waals surface area contributed by atoms with E-state index >= 15 is 0 Å². The Kier molecular flexibility index (Phi) is 7.40. The third kappa shape index (κ3) is 6.15. The third-order valence-electron chi connectivity index (χ3n) is 4.81. The van der Waals surface area contributed by atoms with Gasteiger partial charge in [-0.05, 0) is 48.2 Å². The number of esters is 1. The van der Waals surface area contributed by atoms with Gasteiger partial charge in [-0.25, -0.2) is 0 Å². The highest BCUT2D eigenvalue weighted by Crippen LogP contribution is 2.31. The monoisotopic (exact) mass is 417 g/mol. The smallest absolute Gasteiger partial charge is 0.306 e. The van der Waals surface area contributed by atoms with Crippen molar-refractivity contribution < 1.29 is 23.9 Å². The first-order valence-corrected chi connectivity index (χ1v) is 10.4. The Morgan fingerprint density at radius 1 is 1.31 bits per heavy atom. The molecule has 1 saturated heterocycles. The second-order valence-electron chi connectivity index (χ2n) is 6.98. The van der Waals surface area contributed by atoms with Crippen LogP contribution >= 0.6 is 11.8 Å². The predicted molar refractivity (Wildman–Crippen MR) is 107 cm³/mol. The van der Waals surface area contributed by atoms with Crippen molar-refractivity contribution in [3.8, 4) is 0 Å².